The molecular weight excluding hydrogens is 264 g/mol. The Balaban J connectivity index is 3.43. The van der Waals surface area contributed by atoms with Crippen molar-refractivity contribution in [1.29, 1.82) is 0 Å². The molecule has 0 saturated carbocycles. The summed E-state index contributed by atoms with van der Waals surface area (Å²) in [4.78, 5) is 15.6. The molecule has 0 unspecified atom stereocenters. The predicted octanol–water partition coefficient (Wildman–Crippen LogP) is 2.68. The Labute approximate surface area is 117 Å². The highest BCUT2D eigenvalue weighted by Gasteiger charge is 2.19. The Kier molecular flexibility index (Phi) is 6.08. The van der Waals surface area contributed by atoms with Gasteiger partial charge in [0, 0.05) is 7.05 Å². The second-order valence-corrected chi connectivity index (χ2v) is 4.29. The number of carbonyl (C=O) groups excluding carboxylic acids is 1. The molecule has 5 nitrogen and oxygen atoms in total. The molecule has 0 amide bonds. The zero-order valence-corrected chi connectivity index (χ0v) is 12.3. The highest BCUT2D eigenvalue weighted by Crippen LogP contribution is 2.31. The van der Waals surface area contributed by atoms with Crippen LogP contribution in [0.1, 0.15) is 19.5 Å². The number of aldehydes is 1. The van der Waals surface area contributed by atoms with Gasteiger partial charge in [0.2, 0.25) is 0 Å². The zero-order valence-electron chi connectivity index (χ0n) is 11.5. The first-order valence-corrected chi connectivity index (χ1v) is 6.75. The van der Waals surface area contributed by atoms with E-state index in [1.165, 1.54) is 18.4 Å². The Morgan fingerprint density at radius 2 is 2.32 bits per heavy atom. The standard InChI is InChI=1S/C13H18N2O3S/c1-5-10(17-4)9(7-16)12(18-6-2)11-13(14-3)19-8-15-11/h5,7-8,14H,6H2,1-4H3/b10-5+,12-9-. The van der Waals surface area contributed by atoms with E-state index in [2.05, 4.69) is 10.3 Å². The van der Waals surface area contributed by atoms with Crippen LogP contribution in [0.4, 0.5) is 5.00 Å². The number of hydrogen-bond acceptors (Lipinski definition) is 6. The highest BCUT2D eigenvalue weighted by atomic mass is 32.1. The summed E-state index contributed by atoms with van der Waals surface area (Å²) >= 11 is 1.45. The van der Waals surface area contributed by atoms with Crippen LogP contribution in [0.2, 0.25) is 0 Å². The van der Waals surface area contributed by atoms with Crippen molar-refractivity contribution < 1.29 is 14.3 Å². The Morgan fingerprint density at radius 1 is 1.58 bits per heavy atom. The van der Waals surface area contributed by atoms with Gasteiger partial charge >= 0.3 is 0 Å². The molecule has 0 spiro atoms. The van der Waals surface area contributed by atoms with Gasteiger partial charge in [-0.2, -0.15) is 0 Å². The van der Waals surface area contributed by atoms with Crippen molar-refractivity contribution >= 4 is 28.4 Å². The predicted molar refractivity (Wildman–Crippen MR) is 77.0 cm³/mol. The first kappa shape index (κ1) is 15.2. The van der Waals surface area contributed by atoms with Crippen LogP contribution in [-0.4, -0.2) is 32.0 Å². The second-order valence-electron chi connectivity index (χ2n) is 3.43. The third-order valence-electron chi connectivity index (χ3n) is 2.41. The topological polar surface area (TPSA) is 60.5 Å². The van der Waals surface area contributed by atoms with E-state index in [0.717, 1.165) is 11.3 Å². The van der Waals surface area contributed by atoms with Crippen LogP contribution in [0.25, 0.3) is 5.76 Å². The summed E-state index contributed by atoms with van der Waals surface area (Å²) in [7, 11) is 3.32. The molecule has 1 N–H and O–H groups in total. The number of nitrogens with one attached hydrogen (secondary N) is 1. The molecule has 0 aliphatic heterocycles. The largest absolute Gasteiger partial charge is 0.496 e. The van der Waals surface area contributed by atoms with Crippen molar-refractivity contribution in [3.05, 3.63) is 28.6 Å². The Morgan fingerprint density at radius 3 is 2.79 bits per heavy atom. The number of thiazole rings is 1. The fourth-order valence-electron chi connectivity index (χ4n) is 1.61. The molecule has 1 rings (SSSR count). The van der Waals surface area contributed by atoms with E-state index >= 15 is 0 Å². The number of nitrogens with zero attached hydrogens (tertiary/aromatic N) is 1. The normalized spacial score (nSPS) is 12.7. The number of allylic oxidation sites excluding steroid dienone is 2. The van der Waals surface area contributed by atoms with E-state index in [9.17, 15) is 4.79 Å². The van der Waals surface area contributed by atoms with Crippen molar-refractivity contribution in [3.8, 4) is 0 Å². The molecule has 1 aromatic heterocycles. The summed E-state index contributed by atoms with van der Waals surface area (Å²) in [5, 5.41) is 3.88. The first-order chi connectivity index (χ1) is 9.23. The van der Waals surface area contributed by atoms with Gasteiger partial charge in [0.25, 0.3) is 0 Å². The van der Waals surface area contributed by atoms with Crippen LogP contribution in [0.3, 0.4) is 0 Å². The number of rotatable bonds is 7. The van der Waals surface area contributed by atoms with Gasteiger partial charge in [0.15, 0.2) is 12.0 Å². The lowest BCUT2D eigenvalue weighted by Gasteiger charge is -2.13. The highest BCUT2D eigenvalue weighted by molar-refractivity contribution is 7.14. The van der Waals surface area contributed by atoms with Crippen molar-refractivity contribution in [2.75, 3.05) is 26.1 Å². The van der Waals surface area contributed by atoms with E-state index in [4.69, 9.17) is 9.47 Å². The molecule has 1 aromatic rings. The third-order valence-corrected chi connectivity index (χ3v) is 3.25. The van der Waals surface area contributed by atoms with Crippen molar-refractivity contribution in [1.82, 2.24) is 4.98 Å². The van der Waals surface area contributed by atoms with Crippen LogP contribution in [0.15, 0.2) is 22.9 Å². The summed E-state index contributed by atoms with van der Waals surface area (Å²) in [6, 6.07) is 0. The summed E-state index contributed by atoms with van der Waals surface area (Å²) in [5.41, 5.74) is 2.67. The minimum Gasteiger partial charge on any atom is -0.496 e. The van der Waals surface area contributed by atoms with Gasteiger partial charge in [-0.25, -0.2) is 4.98 Å². The Bertz CT molecular complexity index is 492. The molecule has 1 heterocycles. The fourth-order valence-corrected chi connectivity index (χ4v) is 2.25. The van der Waals surface area contributed by atoms with Crippen molar-refractivity contribution in [2.45, 2.75) is 13.8 Å². The summed E-state index contributed by atoms with van der Waals surface area (Å²) in [6.45, 7) is 4.09. The molecule has 0 aromatic carbocycles. The molecule has 104 valence electrons. The van der Waals surface area contributed by atoms with Gasteiger partial charge in [0.05, 0.1) is 19.2 Å². The molecule has 0 aliphatic carbocycles. The molecule has 19 heavy (non-hydrogen) atoms. The minimum absolute atomic E-state index is 0.356. The van der Waals surface area contributed by atoms with Crippen LogP contribution in [-0.2, 0) is 14.3 Å². The summed E-state index contributed by atoms with van der Waals surface area (Å²) < 4.78 is 10.8. The lowest BCUT2D eigenvalue weighted by atomic mass is 10.1. The third kappa shape index (κ3) is 3.35. The minimum atomic E-state index is 0.356. The molecule has 0 aliphatic rings. The smallest absolute Gasteiger partial charge is 0.162 e. The van der Waals surface area contributed by atoms with Gasteiger partial charge < -0.3 is 14.8 Å². The lowest BCUT2D eigenvalue weighted by molar-refractivity contribution is -0.105. The maximum Gasteiger partial charge on any atom is 0.162 e. The molecule has 0 saturated heterocycles. The first-order valence-electron chi connectivity index (χ1n) is 5.87. The van der Waals surface area contributed by atoms with Crippen LogP contribution in [0.5, 0.6) is 0 Å². The summed E-state index contributed by atoms with van der Waals surface area (Å²) in [5.74, 6) is 0.895. The maximum absolute atomic E-state index is 11.4. The number of carbonyl (C=O) groups is 1. The zero-order chi connectivity index (χ0) is 14.3. The number of ether oxygens (including phenoxy) is 2. The average molecular weight is 282 g/mol. The van der Waals surface area contributed by atoms with E-state index in [1.54, 1.807) is 25.6 Å². The monoisotopic (exact) mass is 282 g/mol. The van der Waals surface area contributed by atoms with E-state index in [0.29, 0.717) is 29.4 Å². The van der Waals surface area contributed by atoms with Crippen LogP contribution >= 0.6 is 11.3 Å². The quantitative estimate of drug-likeness (QED) is 0.360. The summed E-state index contributed by atoms with van der Waals surface area (Å²) in [6.07, 6.45) is 2.44. The number of hydrogen-bond donors (Lipinski definition) is 1. The molecule has 0 radical (unpaired) electrons. The van der Waals surface area contributed by atoms with Gasteiger partial charge in [0.1, 0.15) is 22.0 Å². The molecule has 6 heteroatoms. The van der Waals surface area contributed by atoms with Crippen molar-refractivity contribution in [3.63, 3.8) is 0 Å². The van der Waals surface area contributed by atoms with E-state index in [1.807, 2.05) is 6.92 Å². The van der Waals surface area contributed by atoms with Crippen LogP contribution in [0, 0.1) is 0 Å². The van der Waals surface area contributed by atoms with Crippen LogP contribution < -0.4 is 5.32 Å². The molecule has 0 fully saturated rings. The number of anilines is 1. The molecule has 0 atom stereocenters. The maximum atomic E-state index is 11.4. The average Bonchev–Trinajstić information content (AvgIpc) is 2.90. The number of aromatic nitrogens is 1. The van der Waals surface area contributed by atoms with Gasteiger partial charge in [-0.15, -0.1) is 11.3 Å². The molecule has 0 bridgehead atoms. The second kappa shape index (κ2) is 7.58. The van der Waals surface area contributed by atoms with Gasteiger partial charge in [-0.05, 0) is 19.9 Å². The van der Waals surface area contributed by atoms with Crippen molar-refractivity contribution in [2.24, 2.45) is 0 Å². The fraction of sp³-hybridized carbons (Fsp3) is 0.385. The van der Waals surface area contributed by atoms with E-state index < -0.39 is 0 Å². The molecular formula is C13H18N2O3S. The van der Waals surface area contributed by atoms with Gasteiger partial charge in [-0.3, -0.25) is 4.79 Å². The lowest BCUT2D eigenvalue weighted by Crippen LogP contribution is -2.05. The Hall–Kier alpha value is -1.82. The van der Waals surface area contributed by atoms with E-state index in [-0.39, 0.29) is 0 Å². The SMILES string of the molecule is C/C=C(OC)\C(C=O)=C(/OCC)c1ncsc1NC. The van der Waals surface area contributed by atoms with Gasteiger partial charge in [-0.1, -0.05) is 0 Å². The number of methoxy groups -OCH3 is 1.